The second-order valence-electron chi connectivity index (χ2n) is 5.49. The van der Waals surface area contributed by atoms with Crippen LogP contribution in [0, 0.1) is 11.2 Å². The predicted molar refractivity (Wildman–Crippen MR) is 69.6 cm³/mol. The van der Waals surface area contributed by atoms with Crippen molar-refractivity contribution in [1.29, 1.82) is 0 Å². The van der Waals surface area contributed by atoms with Crippen LogP contribution in [0.5, 0.6) is 0 Å². The SMILES string of the molecule is CN(CC1(C)CCCC1N)c1cccc(F)c1. The Balaban J connectivity index is 2.09. The standard InChI is InChI=1S/C14H21FN2/c1-14(8-4-7-13(14)16)10-17(2)12-6-3-5-11(15)9-12/h3,5-6,9,13H,4,7-8,10,16H2,1-2H3. The number of hydrogen-bond acceptors (Lipinski definition) is 2. The van der Waals surface area contributed by atoms with Crippen molar-refractivity contribution in [3.8, 4) is 0 Å². The summed E-state index contributed by atoms with van der Waals surface area (Å²) in [6.07, 6.45) is 3.47. The molecule has 0 aliphatic heterocycles. The summed E-state index contributed by atoms with van der Waals surface area (Å²) < 4.78 is 13.2. The molecule has 3 heteroatoms. The van der Waals surface area contributed by atoms with Crippen LogP contribution >= 0.6 is 0 Å². The number of rotatable bonds is 3. The largest absolute Gasteiger partial charge is 0.374 e. The third kappa shape index (κ3) is 2.60. The highest BCUT2D eigenvalue weighted by Gasteiger charge is 2.37. The van der Waals surface area contributed by atoms with Gasteiger partial charge in [0.25, 0.3) is 0 Å². The van der Waals surface area contributed by atoms with Gasteiger partial charge in [-0.15, -0.1) is 0 Å². The van der Waals surface area contributed by atoms with E-state index in [9.17, 15) is 4.39 Å². The van der Waals surface area contributed by atoms with E-state index in [4.69, 9.17) is 5.73 Å². The summed E-state index contributed by atoms with van der Waals surface area (Å²) in [6.45, 7) is 3.12. The van der Waals surface area contributed by atoms with Crippen molar-refractivity contribution in [3.05, 3.63) is 30.1 Å². The van der Waals surface area contributed by atoms with Crippen molar-refractivity contribution < 1.29 is 4.39 Å². The number of hydrogen-bond donors (Lipinski definition) is 1. The van der Waals surface area contributed by atoms with Gasteiger partial charge < -0.3 is 10.6 Å². The van der Waals surface area contributed by atoms with Gasteiger partial charge in [-0.2, -0.15) is 0 Å². The van der Waals surface area contributed by atoms with Crippen molar-refractivity contribution in [3.63, 3.8) is 0 Å². The molecule has 0 amide bonds. The Hall–Kier alpha value is -1.09. The average Bonchev–Trinajstić information content (AvgIpc) is 2.59. The molecule has 0 aromatic heterocycles. The maximum Gasteiger partial charge on any atom is 0.125 e. The van der Waals surface area contributed by atoms with Crippen molar-refractivity contribution in [2.45, 2.75) is 32.2 Å². The van der Waals surface area contributed by atoms with Crippen LogP contribution in [0.25, 0.3) is 0 Å². The van der Waals surface area contributed by atoms with Gasteiger partial charge in [-0.3, -0.25) is 0 Å². The molecule has 1 aromatic rings. The first-order valence-corrected chi connectivity index (χ1v) is 6.23. The van der Waals surface area contributed by atoms with Crippen LogP contribution in [0.2, 0.25) is 0 Å². The molecule has 0 saturated heterocycles. The van der Waals surface area contributed by atoms with Crippen LogP contribution in [0.15, 0.2) is 24.3 Å². The van der Waals surface area contributed by atoms with Crippen molar-refractivity contribution in [2.24, 2.45) is 11.1 Å². The molecule has 2 nitrogen and oxygen atoms in total. The average molecular weight is 236 g/mol. The van der Waals surface area contributed by atoms with E-state index in [2.05, 4.69) is 11.8 Å². The first kappa shape index (κ1) is 12.4. The molecule has 1 aromatic carbocycles. The molecule has 2 N–H and O–H groups in total. The van der Waals surface area contributed by atoms with E-state index >= 15 is 0 Å². The minimum Gasteiger partial charge on any atom is -0.374 e. The molecule has 0 heterocycles. The number of benzene rings is 1. The smallest absolute Gasteiger partial charge is 0.125 e. The zero-order chi connectivity index (χ0) is 12.5. The Morgan fingerprint density at radius 2 is 2.29 bits per heavy atom. The van der Waals surface area contributed by atoms with Gasteiger partial charge in [-0.05, 0) is 31.0 Å². The molecule has 0 radical (unpaired) electrons. The normalized spacial score (nSPS) is 28.4. The highest BCUT2D eigenvalue weighted by molar-refractivity contribution is 5.45. The molecule has 94 valence electrons. The molecule has 1 fully saturated rings. The van der Waals surface area contributed by atoms with Crippen LogP contribution in [0.1, 0.15) is 26.2 Å². The Morgan fingerprint density at radius 1 is 1.53 bits per heavy atom. The molecule has 0 bridgehead atoms. The van der Waals surface area contributed by atoms with E-state index in [-0.39, 0.29) is 17.3 Å². The minimum atomic E-state index is -0.185. The Labute approximate surface area is 103 Å². The second kappa shape index (κ2) is 4.65. The topological polar surface area (TPSA) is 29.3 Å². The monoisotopic (exact) mass is 236 g/mol. The third-order valence-electron chi connectivity index (χ3n) is 4.01. The quantitative estimate of drug-likeness (QED) is 0.874. The van der Waals surface area contributed by atoms with E-state index in [0.29, 0.717) is 0 Å². The Bertz CT molecular complexity index is 394. The summed E-state index contributed by atoms with van der Waals surface area (Å²) >= 11 is 0. The summed E-state index contributed by atoms with van der Waals surface area (Å²) in [7, 11) is 2.01. The summed E-state index contributed by atoms with van der Waals surface area (Å²) in [4.78, 5) is 2.11. The number of halogens is 1. The van der Waals surface area contributed by atoms with Crippen molar-refractivity contribution in [2.75, 3.05) is 18.5 Å². The fraction of sp³-hybridized carbons (Fsp3) is 0.571. The lowest BCUT2D eigenvalue weighted by Crippen LogP contribution is -2.43. The Kier molecular flexibility index (Phi) is 3.38. The van der Waals surface area contributed by atoms with Gasteiger partial charge in [-0.25, -0.2) is 4.39 Å². The van der Waals surface area contributed by atoms with E-state index in [1.54, 1.807) is 12.1 Å². The van der Waals surface area contributed by atoms with Crippen LogP contribution < -0.4 is 10.6 Å². The fourth-order valence-electron chi connectivity index (χ4n) is 2.80. The lowest BCUT2D eigenvalue weighted by Gasteiger charge is -2.34. The maximum atomic E-state index is 13.2. The molecular weight excluding hydrogens is 215 g/mol. The van der Waals surface area contributed by atoms with Crippen LogP contribution in [0.4, 0.5) is 10.1 Å². The highest BCUT2D eigenvalue weighted by atomic mass is 19.1. The first-order valence-electron chi connectivity index (χ1n) is 6.23. The molecule has 0 spiro atoms. The van der Waals surface area contributed by atoms with E-state index in [0.717, 1.165) is 25.1 Å². The molecule has 2 unspecified atom stereocenters. The summed E-state index contributed by atoms with van der Waals surface area (Å²) in [5.41, 5.74) is 7.24. The van der Waals surface area contributed by atoms with Gasteiger partial charge in [0.05, 0.1) is 0 Å². The summed E-state index contributed by atoms with van der Waals surface area (Å²) in [6, 6.07) is 6.99. The molecule has 1 saturated carbocycles. The summed E-state index contributed by atoms with van der Waals surface area (Å²) in [5.74, 6) is -0.185. The molecule has 1 aliphatic rings. The Morgan fingerprint density at radius 3 is 2.88 bits per heavy atom. The number of nitrogens with zero attached hydrogens (tertiary/aromatic N) is 1. The molecule has 17 heavy (non-hydrogen) atoms. The lowest BCUT2D eigenvalue weighted by atomic mass is 9.84. The van der Waals surface area contributed by atoms with Gasteiger partial charge in [0, 0.05) is 30.7 Å². The molecule has 1 aliphatic carbocycles. The van der Waals surface area contributed by atoms with Gasteiger partial charge in [0.1, 0.15) is 5.82 Å². The molecular formula is C14H21FN2. The van der Waals surface area contributed by atoms with Crippen molar-refractivity contribution in [1.82, 2.24) is 0 Å². The van der Waals surface area contributed by atoms with Crippen LogP contribution in [-0.4, -0.2) is 19.6 Å². The van der Waals surface area contributed by atoms with Gasteiger partial charge in [-0.1, -0.05) is 19.4 Å². The van der Waals surface area contributed by atoms with E-state index in [1.807, 2.05) is 13.1 Å². The molecule has 2 atom stereocenters. The van der Waals surface area contributed by atoms with E-state index < -0.39 is 0 Å². The minimum absolute atomic E-state index is 0.154. The maximum absolute atomic E-state index is 13.2. The zero-order valence-electron chi connectivity index (χ0n) is 10.6. The highest BCUT2D eigenvalue weighted by Crippen LogP contribution is 2.37. The second-order valence-corrected chi connectivity index (χ2v) is 5.49. The number of nitrogens with two attached hydrogens (primary N) is 1. The number of anilines is 1. The first-order chi connectivity index (χ1) is 8.01. The van der Waals surface area contributed by atoms with Gasteiger partial charge >= 0.3 is 0 Å². The van der Waals surface area contributed by atoms with Gasteiger partial charge in [0.15, 0.2) is 0 Å². The zero-order valence-corrected chi connectivity index (χ0v) is 10.6. The van der Waals surface area contributed by atoms with Crippen molar-refractivity contribution >= 4 is 5.69 Å². The van der Waals surface area contributed by atoms with E-state index in [1.165, 1.54) is 12.5 Å². The third-order valence-corrected chi connectivity index (χ3v) is 4.01. The molecule has 2 rings (SSSR count). The van der Waals surface area contributed by atoms with Gasteiger partial charge in [0.2, 0.25) is 0 Å². The fourth-order valence-corrected chi connectivity index (χ4v) is 2.80. The summed E-state index contributed by atoms with van der Waals surface area (Å²) in [5, 5.41) is 0. The lowest BCUT2D eigenvalue weighted by molar-refractivity contribution is 0.301. The van der Waals surface area contributed by atoms with Crippen LogP contribution in [0.3, 0.4) is 0 Å². The van der Waals surface area contributed by atoms with Crippen LogP contribution in [-0.2, 0) is 0 Å². The predicted octanol–water partition coefficient (Wildman–Crippen LogP) is 2.78.